The fourth-order valence-corrected chi connectivity index (χ4v) is 3.70. The van der Waals surface area contributed by atoms with Gasteiger partial charge in [-0.3, -0.25) is 4.79 Å². The number of aromatic nitrogens is 1. The highest BCUT2D eigenvalue weighted by Gasteiger charge is 2.26. The van der Waals surface area contributed by atoms with Gasteiger partial charge in [-0.1, -0.05) is 12.1 Å². The largest absolute Gasteiger partial charge is 0.496 e. The molecule has 3 aromatic rings. The van der Waals surface area contributed by atoms with Crippen LogP contribution in [-0.2, 0) is 13.0 Å². The maximum absolute atomic E-state index is 14.1. The van der Waals surface area contributed by atoms with E-state index < -0.39 is 5.82 Å². The maximum atomic E-state index is 14.1. The van der Waals surface area contributed by atoms with Crippen molar-refractivity contribution in [1.82, 2.24) is 9.88 Å². The van der Waals surface area contributed by atoms with E-state index in [1.807, 2.05) is 19.1 Å². The van der Waals surface area contributed by atoms with Crippen LogP contribution in [0.3, 0.4) is 0 Å². The molecule has 1 aliphatic heterocycles. The highest BCUT2D eigenvalue weighted by atomic mass is 19.1. The summed E-state index contributed by atoms with van der Waals surface area (Å²) in [6, 6.07) is 10.0. The Morgan fingerprint density at radius 2 is 2.00 bits per heavy atom. The van der Waals surface area contributed by atoms with Crippen LogP contribution < -0.4 is 4.74 Å². The minimum Gasteiger partial charge on any atom is -0.496 e. The van der Waals surface area contributed by atoms with Gasteiger partial charge in [0, 0.05) is 28.7 Å². The first-order valence-corrected chi connectivity index (χ1v) is 8.31. The van der Waals surface area contributed by atoms with Crippen LogP contribution in [-0.4, -0.2) is 29.4 Å². The summed E-state index contributed by atoms with van der Waals surface area (Å²) in [6.07, 6.45) is 0.728. The lowest BCUT2D eigenvalue weighted by Crippen LogP contribution is -2.32. The van der Waals surface area contributed by atoms with Crippen LogP contribution in [0.5, 0.6) is 5.75 Å². The van der Waals surface area contributed by atoms with Gasteiger partial charge in [0.2, 0.25) is 0 Å². The van der Waals surface area contributed by atoms with Gasteiger partial charge in [-0.05, 0) is 43.2 Å². The molecular formula is C20H19FN2O2. The van der Waals surface area contributed by atoms with Gasteiger partial charge in [0.15, 0.2) is 0 Å². The molecule has 4 nitrogen and oxygen atoms in total. The normalized spacial score (nSPS) is 13.8. The summed E-state index contributed by atoms with van der Waals surface area (Å²) in [6.45, 7) is 2.98. The number of carbonyl (C=O) groups is 1. The highest BCUT2D eigenvalue weighted by Crippen LogP contribution is 2.36. The highest BCUT2D eigenvalue weighted by molar-refractivity contribution is 5.96. The Morgan fingerprint density at radius 1 is 1.20 bits per heavy atom. The minimum absolute atomic E-state index is 0.110. The number of amides is 1. The van der Waals surface area contributed by atoms with E-state index in [9.17, 15) is 9.18 Å². The van der Waals surface area contributed by atoms with Gasteiger partial charge < -0.3 is 14.6 Å². The number of aromatic amines is 1. The van der Waals surface area contributed by atoms with Crippen molar-refractivity contribution in [2.75, 3.05) is 13.7 Å². The van der Waals surface area contributed by atoms with Gasteiger partial charge in [-0.15, -0.1) is 0 Å². The lowest BCUT2D eigenvalue weighted by Gasteiger charge is -2.22. The number of hydrogen-bond donors (Lipinski definition) is 1. The molecule has 0 atom stereocenters. The van der Waals surface area contributed by atoms with Gasteiger partial charge in [-0.25, -0.2) is 4.39 Å². The third-order valence-corrected chi connectivity index (χ3v) is 4.94. The maximum Gasteiger partial charge on any atom is 0.257 e. The quantitative estimate of drug-likeness (QED) is 0.772. The molecule has 1 N–H and O–H groups in total. The number of aryl methyl sites for hydroxylation is 1. The Labute approximate surface area is 145 Å². The fraction of sp³-hybridized carbons (Fsp3) is 0.250. The zero-order chi connectivity index (χ0) is 17.6. The molecule has 5 heteroatoms. The van der Waals surface area contributed by atoms with Crippen LogP contribution >= 0.6 is 0 Å². The number of methoxy groups -OCH3 is 1. The van der Waals surface area contributed by atoms with Crippen LogP contribution in [0.15, 0.2) is 36.4 Å². The number of rotatable bonds is 2. The van der Waals surface area contributed by atoms with E-state index >= 15 is 0 Å². The number of benzene rings is 2. The molecule has 1 aromatic heterocycles. The van der Waals surface area contributed by atoms with Crippen LogP contribution in [0.2, 0.25) is 0 Å². The molecular weight excluding hydrogens is 319 g/mol. The number of halogens is 1. The molecule has 0 saturated carbocycles. The van der Waals surface area contributed by atoms with Gasteiger partial charge in [0.05, 0.1) is 19.2 Å². The first kappa shape index (κ1) is 15.7. The first-order valence-electron chi connectivity index (χ1n) is 8.31. The lowest BCUT2D eigenvalue weighted by atomic mass is 10.0. The lowest BCUT2D eigenvalue weighted by molar-refractivity contribution is 0.0742. The molecule has 0 unspecified atom stereocenters. The number of nitrogens with one attached hydrogen (secondary N) is 1. The van der Waals surface area contributed by atoms with E-state index in [0.717, 1.165) is 34.3 Å². The summed E-state index contributed by atoms with van der Waals surface area (Å²) in [5, 5.41) is 1.13. The number of hydrogen-bond acceptors (Lipinski definition) is 2. The van der Waals surface area contributed by atoms with Crippen molar-refractivity contribution in [3.63, 3.8) is 0 Å². The predicted octanol–water partition coefficient (Wildman–Crippen LogP) is 3.82. The molecule has 0 saturated heterocycles. The summed E-state index contributed by atoms with van der Waals surface area (Å²) in [4.78, 5) is 18.0. The molecule has 4 rings (SSSR count). The van der Waals surface area contributed by atoms with E-state index in [0.29, 0.717) is 13.1 Å². The van der Waals surface area contributed by atoms with Crippen molar-refractivity contribution in [1.29, 1.82) is 0 Å². The predicted molar refractivity (Wildman–Crippen MR) is 94.4 cm³/mol. The van der Waals surface area contributed by atoms with E-state index in [2.05, 4.69) is 4.98 Å². The van der Waals surface area contributed by atoms with Crippen LogP contribution in [0.25, 0.3) is 10.9 Å². The first-order chi connectivity index (χ1) is 12.1. The van der Waals surface area contributed by atoms with Crippen molar-refractivity contribution in [3.05, 3.63) is 64.6 Å². The van der Waals surface area contributed by atoms with Crippen molar-refractivity contribution in [2.24, 2.45) is 0 Å². The van der Waals surface area contributed by atoms with Crippen LogP contribution in [0.1, 0.15) is 27.2 Å². The van der Waals surface area contributed by atoms with Crippen LogP contribution in [0, 0.1) is 12.7 Å². The van der Waals surface area contributed by atoms with E-state index in [-0.39, 0.29) is 11.5 Å². The van der Waals surface area contributed by atoms with Crippen molar-refractivity contribution in [2.45, 2.75) is 19.9 Å². The Bertz CT molecular complexity index is 977. The average Bonchev–Trinajstić information content (AvgIpc) is 2.80. The van der Waals surface area contributed by atoms with E-state index in [1.165, 1.54) is 17.7 Å². The van der Waals surface area contributed by atoms with Crippen molar-refractivity contribution >= 4 is 16.8 Å². The second kappa shape index (κ2) is 5.92. The fourth-order valence-electron chi connectivity index (χ4n) is 3.70. The molecule has 2 heterocycles. The number of ether oxygens (including phenoxy) is 1. The Kier molecular flexibility index (Phi) is 3.71. The number of carbonyl (C=O) groups excluding carboxylic acids is 1. The third kappa shape index (κ3) is 2.47. The summed E-state index contributed by atoms with van der Waals surface area (Å²) in [7, 11) is 1.63. The SMILES string of the molecule is COc1ccc2[nH]c(C)c3c2c1CN(C(=O)c1ccccc1F)CC3. The summed E-state index contributed by atoms with van der Waals surface area (Å²) in [5.41, 5.74) is 4.43. The van der Waals surface area contributed by atoms with Gasteiger partial charge in [0.1, 0.15) is 11.6 Å². The average molecular weight is 338 g/mol. The smallest absolute Gasteiger partial charge is 0.257 e. The molecule has 0 spiro atoms. The molecule has 0 fully saturated rings. The summed E-state index contributed by atoms with van der Waals surface area (Å²) < 4.78 is 19.6. The minimum atomic E-state index is -0.488. The molecule has 1 aliphatic rings. The molecule has 0 aliphatic carbocycles. The Morgan fingerprint density at radius 3 is 2.76 bits per heavy atom. The molecule has 2 aromatic carbocycles. The number of nitrogens with zero attached hydrogens (tertiary/aromatic N) is 1. The van der Waals surface area contributed by atoms with E-state index in [1.54, 1.807) is 24.1 Å². The third-order valence-electron chi connectivity index (χ3n) is 4.94. The molecule has 0 bridgehead atoms. The van der Waals surface area contributed by atoms with Crippen molar-refractivity contribution in [3.8, 4) is 5.75 Å². The van der Waals surface area contributed by atoms with E-state index in [4.69, 9.17) is 4.74 Å². The van der Waals surface area contributed by atoms with Gasteiger partial charge in [-0.2, -0.15) is 0 Å². The second-order valence-corrected chi connectivity index (χ2v) is 6.35. The molecule has 128 valence electrons. The molecule has 1 amide bonds. The second-order valence-electron chi connectivity index (χ2n) is 6.35. The summed E-state index contributed by atoms with van der Waals surface area (Å²) >= 11 is 0. The Hall–Kier alpha value is -2.82. The monoisotopic (exact) mass is 338 g/mol. The standard InChI is InChI=1S/C20H19FN2O2/c1-12-13-9-10-23(20(24)14-5-3-4-6-16(14)21)11-15-18(25-2)8-7-17(22-12)19(13)15/h3-8,22H,9-11H2,1-2H3. The zero-order valence-corrected chi connectivity index (χ0v) is 14.2. The zero-order valence-electron chi connectivity index (χ0n) is 14.2. The topological polar surface area (TPSA) is 45.3 Å². The molecule has 0 radical (unpaired) electrons. The van der Waals surface area contributed by atoms with Crippen LogP contribution in [0.4, 0.5) is 4.39 Å². The summed E-state index contributed by atoms with van der Waals surface area (Å²) in [5.74, 6) is -0.0247. The number of H-pyrrole nitrogens is 1. The van der Waals surface area contributed by atoms with Gasteiger partial charge in [0.25, 0.3) is 5.91 Å². The molecule has 25 heavy (non-hydrogen) atoms. The van der Waals surface area contributed by atoms with Gasteiger partial charge >= 0.3 is 0 Å². The Balaban J connectivity index is 1.80. The van der Waals surface area contributed by atoms with Crippen molar-refractivity contribution < 1.29 is 13.9 Å².